The summed E-state index contributed by atoms with van der Waals surface area (Å²) in [6, 6.07) is 17.8. The third-order valence-electron chi connectivity index (χ3n) is 4.88. The largest absolute Gasteiger partial charge is 0.378 e. The van der Waals surface area contributed by atoms with Gasteiger partial charge in [-0.15, -0.1) is 0 Å². The van der Waals surface area contributed by atoms with Gasteiger partial charge in [-0.05, 0) is 23.8 Å². The average Bonchev–Trinajstić information content (AvgIpc) is 3.22. The van der Waals surface area contributed by atoms with Crippen molar-refractivity contribution in [3.63, 3.8) is 0 Å². The lowest BCUT2D eigenvalue weighted by atomic mass is 10.2. The first kappa shape index (κ1) is 18.3. The lowest BCUT2D eigenvalue weighted by molar-refractivity contribution is 0.0942. The van der Waals surface area contributed by atoms with Crippen LogP contribution in [0.5, 0.6) is 0 Å². The standard InChI is InChI=1S/C22H24N4O2/c27-22(20-9-5-11-26(20)17-18-6-2-1-3-7-18)24-16-19-8-4-10-23-21(19)25-12-14-28-15-13-25/h1-11H,12-17H2,(H,24,27). The van der Waals surface area contributed by atoms with E-state index in [2.05, 4.69) is 27.3 Å². The summed E-state index contributed by atoms with van der Waals surface area (Å²) in [7, 11) is 0. The topological polar surface area (TPSA) is 59.4 Å². The maximum atomic E-state index is 12.8. The number of rotatable bonds is 6. The number of hydrogen-bond donors (Lipinski definition) is 1. The van der Waals surface area contributed by atoms with Crippen molar-refractivity contribution in [3.8, 4) is 0 Å². The molecule has 4 rings (SSSR count). The van der Waals surface area contributed by atoms with Gasteiger partial charge in [-0.2, -0.15) is 0 Å². The Bertz CT molecular complexity index is 917. The first-order valence-electron chi connectivity index (χ1n) is 9.55. The predicted molar refractivity (Wildman–Crippen MR) is 108 cm³/mol. The van der Waals surface area contributed by atoms with E-state index in [4.69, 9.17) is 4.74 Å². The molecule has 3 heterocycles. The highest BCUT2D eigenvalue weighted by Crippen LogP contribution is 2.18. The number of amides is 1. The van der Waals surface area contributed by atoms with E-state index < -0.39 is 0 Å². The molecule has 6 heteroatoms. The van der Waals surface area contributed by atoms with Gasteiger partial charge in [0, 0.05) is 44.1 Å². The van der Waals surface area contributed by atoms with E-state index in [0.29, 0.717) is 32.0 Å². The summed E-state index contributed by atoms with van der Waals surface area (Å²) in [6.45, 7) is 4.15. The number of pyridine rings is 1. The number of nitrogens with one attached hydrogen (secondary N) is 1. The van der Waals surface area contributed by atoms with E-state index in [9.17, 15) is 4.79 Å². The Morgan fingerprint density at radius 1 is 1.04 bits per heavy atom. The van der Waals surface area contributed by atoms with Crippen LogP contribution in [0.15, 0.2) is 67.0 Å². The molecule has 1 N–H and O–H groups in total. The second-order valence-electron chi connectivity index (χ2n) is 6.78. The van der Waals surface area contributed by atoms with Crippen LogP contribution in [0.25, 0.3) is 0 Å². The number of nitrogens with zero attached hydrogens (tertiary/aromatic N) is 3. The van der Waals surface area contributed by atoms with Crippen LogP contribution in [0, 0.1) is 0 Å². The molecule has 0 spiro atoms. The van der Waals surface area contributed by atoms with Crippen molar-refractivity contribution in [3.05, 3.63) is 83.8 Å². The number of ether oxygens (including phenoxy) is 1. The normalized spacial score (nSPS) is 14.1. The minimum atomic E-state index is -0.0855. The zero-order chi connectivity index (χ0) is 19.2. The molecule has 1 saturated heterocycles. The van der Waals surface area contributed by atoms with E-state index in [0.717, 1.165) is 30.0 Å². The van der Waals surface area contributed by atoms with Gasteiger partial charge in [-0.1, -0.05) is 36.4 Å². The van der Waals surface area contributed by atoms with Crippen LogP contribution in [-0.4, -0.2) is 41.8 Å². The summed E-state index contributed by atoms with van der Waals surface area (Å²) in [5.41, 5.74) is 2.83. The fourth-order valence-corrected chi connectivity index (χ4v) is 3.43. The highest BCUT2D eigenvalue weighted by Gasteiger charge is 2.17. The van der Waals surface area contributed by atoms with E-state index in [1.807, 2.05) is 53.2 Å². The van der Waals surface area contributed by atoms with Crippen LogP contribution in [0.4, 0.5) is 5.82 Å². The Balaban J connectivity index is 1.44. The SMILES string of the molecule is O=C(NCc1cccnc1N1CCOCC1)c1cccn1Cc1ccccc1. The Morgan fingerprint density at radius 3 is 2.68 bits per heavy atom. The Hall–Kier alpha value is -3.12. The molecule has 0 radical (unpaired) electrons. The van der Waals surface area contributed by atoms with E-state index in [1.165, 1.54) is 0 Å². The molecule has 1 fully saturated rings. The van der Waals surface area contributed by atoms with E-state index in [1.54, 1.807) is 6.20 Å². The Labute approximate surface area is 164 Å². The van der Waals surface area contributed by atoms with Crippen LogP contribution in [-0.2, 0) is 17.8 Å². The summed E-state index contributed by atoms with van der Waals surface area (Å²) in [5.74, 6) is 0.837. The van der Waals surface area contributed by atoms with Gasteiger partial charge in [0.25, 0.3) is 5.91 Å². The molecule has 3 aromatic rings. The van der Waals surface area contributed by atoms with Crippen LogP contribution in [0.1, 0.15) is 21.6 Å². The molecule has 6 nitrogen and oxygen atoms in total. The molecule has 0 unspecified atom stereocenters. The monoisotopic (exact) mass is 376 g/mol. The third-order valence-corrected chi connectivity index (χ3v) is 4.88. The molecule has 1 aliphatic heterocycles. The fourth-order valence-electron chi connectivity index (χ4n) is 3.43. The second kappa shape index (κ2) is 8.71. The number of morpholine rings is 1. The first-order chi connectivity index (χ1) is 13.8. The van der Waals surface area contributed by atoms with Gasteiger partial charge in [-0.3, -0.25) is 4.79 Å². The molecule has 2 aromatic heterocycles. The summed E-state index contributed by atoms with van der Waals surface area (Å²) in [6.07, 6.45) is 3.73. The van der Waals surface area contributed by atoms with Gasteiger partial charge in [0.05, 0.1) is 13.2 Å². The van der Waals surface area contributed by atoms with Gasteiger partial charge in [0.15, 0.2) is 0 Å². The Kier molecular flexibility index (Phi) is 5.68. The number of benzene rings is 1. The summed E-state index contributed by atoms with van der Waals surface area (Å²) < 4.78 is 7.40. The number of carbonyl (C=O) groups excluding carboxylic acids is 1. The van der Waals surface area contributed by atoms with Crippen molar-refractivity contribution < 1.29 is 9.53 Å². The van der Waals surface area contributed by atoms with Crippen molar-refractivity contribution in [1.82, 2.24) is 14.9 Å². The Morgan fingerprint density at radius 2 is 1.86 bits per heavy atom. The molecule has 0 bridgehead atoms. The zero-order valence-electron chi connectivity index (χ0n) is 15.8. The first-order valence-corrected chi connectivity index (χ1v) is 9.55. The van der Waals surface area contributed by atoms with Gasteiger partial charge >= 0.3 is 0 Å². The summed E-state index contributed by atoms with van der Waals surface area (Å²) in [4.78, 5) is 19.5. The molecule has 0 atom stereocenters. The van der Waals surface area contributed by atoms with Crippen LogP contribution in [0.3, 0.4) is 0 Å². The maximum absolute atomic E-state index is 12.8. The van der Waals surface area contributed by atoms with Crippen molar-refractivity contribution in [2.75, 3.05) is 31.2 Å². The lowest BCUT2D eigenvalue weighted by Crippen LogP contribution is -2.38. The average molecular weight is 376 g/mol. The van der Waals surface area contributed by atoms with Crippen molar-refractivity contribution in [1.29, 1.82) is 0 Å². The number of aromatic nitrogens is 2. The van der Waals surface area contributed by atoms with Gasteiger partial charge in [0.2, 0.25) is 0 Å². The van der Waals surface area contributed by atoms with Crippen molar-refractivity contribution in [2.24, 2.45) is 0 Å². The van der Waals surface area contributed by atoms with Crippen LogP contribution in [0.2, 0.25) is 0 Å². The number of anilines is 1. The molecule has 0 saturated carbocycles. The van der Waals surface area contributed by atoms with Crippen molar-refractivity contribution in [2.45, 2.75) is 13.1 Å². The number of hydrogen-bond acceptors (Lipinski definition) is 4. The van der Waals surface area contributed by atoms with Gasteiger partial charge < -0.3 is 19.5 Å². The van der Waals surface area contributed by atoms with Crippen LogP contribution < -0.4 is 10.2 Å². The van der Waals surface area contributed by atoms with E-state index >= 15 is 0 Å². The lowest BCUT2D eigenvalue weighted by Gasteiger charge is -2.29. The smallest absolute Gasteiger partial charge is 0.268 e. The summed E-state index contributed by atoms with van der Waals surface area (Å²) in [5, 5.41) is 3.05. The molecule has 144 valence electrons. The summed E-state index contributed by atoms with van der Waals surface area (Å²) >= 11 is 0. The fraction of sp³-hybridized carbons (Fsp3) is 0.273. The zero-order valence-corrected chi connectivity index (χ0v) is 15.8. The molecular weight excluding hydrogens is 352 g/mol. The van der Waals surface area contributed by atoms with Gasteiger partial charge in [0.1, 0.15) is 11.5 Å². The molecule has 28 heavy (non-hydrogen) atoms. The van der Waals surface area contributed by atoms with E-state index in [-0.39, 0.29) is 5.91 Å². The van der Waals surface area contributed by atoms with Gasteiger partial charge in [-0.25, -0.2) is 4.98 Å². The molecule has 0 aliphatic carbocycles. The quantitative estimate of drug-likeness (QED) is 0.719. The second-order valence-corrected chi connectivity index (χ2v) is 6.78. The van der Waals surface area contributed by atoms with Crippen LogP contribution >= 0.6 is 0 Å². The number of carbonyl (C=O) groups is 1. The minimum absolute atomic E-state index is 0.0855. The van der Waals surface area contributed by atoms with Crippen molar-refractivity contribution >= 4 is 11.7 Å². The molecule has 1 amide bonds. The maximum Gasteiger partial charge on any atom is 0.268 e. The predicted octanol–water partition coefficient (Wildman–Crippen LogP) is 2.70. The highest BCUT2D eigenvalue weighted by atomic mass is 16.5. The molecule has 1 aliphatic rings. The highest BCUT2D eigenvalue weighted by molar-refractivity contribution is 5.92. The molecule has 1 aromatic carbocycles. The molecular formula is C22H24N4O2. The minimum Gasteiger partial charge on any atom is -0.378 e. The third kappa shape index (κ3) is 4.23.